The molecule has 6 heteroatoms. The van der Waals surface area contributed by atoms with Crippen LogP contribution in [0.15, 0.2) is 41.3 Å². The van der Waals surface area contributed by atoms with Crippen molar-refractivity contribution in [3.8, 4) is 0 Å². The first kappa shape index (κ1) is 20.8. The Labute approximate surface area is 176 Å². The summed E-state index contributed by atoms with van der Waals surface area (Å²) in [5.41, 5.74) is 1.91. The molecule has 2 aliphatic heterocycles. The number of carbonyl (C=O) groups is 1. The Hall–Kier alpha value is -2.47. The standard InChI is InChI=1S/C24H29FN2O3/c1-17-8-11-27(16-21-3-2-14-30-21)24(29)22(17)23(28)26-12-9-19(10-13-26)15-18-4-6-20(25)7-5-18/h4-8,11,19,21H,2-3,9-10,12-16H2,1H3. The number of aryl methyl sites for hydroxylation is 1. The maximum Gasteiger partial charge on any atom is 0.263 e. The van der Waals surface area contributed by atoms with Crippen LogP contribution >= 0.6 is 0 Å². The van der Waals surface area contributed by atoms with Crippen LogP contribution in [0, 0.1) is 18.7 Å². The molecule has 5 nitrogen and oxygen atoms in total. The molecule has 2 aliphatic rings. The Balaban J connectivity index is 1.41. The lowest BCUT2D eigenvalue weighted by Crippen LogP contribution is -2.42. The van der Waals surface area contributed by atoms with Crippen LogP contribution < -0.4 is 5.56 Å². The maximum absolute atomic E-state index is 13.2. The van der Waals surface area contributed by atoms with Crippen molar-refractivity contribution in [2.45, 2.75) is 51.7 Å². The van der Waals surface area contributed by atoms with Crippen LogP contribution in [0.25, 0.3) is 0 Å². The molecule has 0 aliphatic carbocycles. The van der Waals surface area contributed by atoms with Crippen LogP contribution in [-0.4, -0.2) is 41.2 Å². The summed E-state index contributed by atoms with van der Waals surface area (Å²) in [6.45, 7) is 4.35. The molecule has 0 saturated carbocycles. The number of carbonyl (C=O) groups excluding carboxylic acids is 1. The van der Waals surface area contributed by atoms with Gasteiger partial charge in [-0.05, 0) is 74.3 Å². The fourth-order valence-electron chi connectivity index (χ4n) is 4.53. The first-order valence-corrected chi connectivity index (χ1v) is 10.9. The minimum absolute atomic E-state index is 0.0514. The van der Waals surface area contributed by atoms with Gasteiger partial charge in [0.05, 0.1) is 12.6 Å². The van der Waals surface area contributed by atoms with Gasteiger partial charge in [-0.1, -0.05) is 12.1 Å². The molecule has 30 heavy (non-hydrogen) atoms. The number of rotatable bonds is 5. The highest BCUT2D eigenvalue weighted by atomic mass is 19.1. The molecule has 1 atom stereocenters. The Morgan fingerprint density at radius 1 is 1.13 bits per heavy atom. The molecule has 0 bridgehead atoms. The number of hydrogen-bond acceptors (Lipinski definition) is 3. The summed E-state index contributed by atoms with van der Waals surface area (Å²) in [5, 5.41) is 0. The molecule has 2 fully saturated rings. The third-order valence-corrected chi connectivity index (χ3v) is 6.35. The van der Waals surface area contributed by atoms with Crippen LogP contribution in [0.1, 0.15) is 47.2 Å². The number of aromatic nitrogens is 1. The molecule has 1 amide bonds. The number of piperidine rings is 1. The average Bonchev–Trinajstić information content (AvgIpc) is 3.26. The van der Waals surface area contributed by atoms with Crippen molar-refractivity contribution in [3.63, 3.8) is 0 Å². The van der Waals surface area contributed by atoms with Gasteiger partial charge in [0.15, 0.2) is 0 Å². The van der Waals surface area contributed by atoms with Gasteiger partial charge in [-0.15, -0.1) is 0 Å². The summed E-state index contributed by atoms with van der Waals surface area (Å²) in [6.07, 6.45) is 6.45. The monoisotopic (exact) mass is 412 g/mol. The van der Waals surface area contributed by atoms with Crippen LogP contribution in [0.5, 0.6) is 0 Å². The van der Waals surface area contributed by atoms with Crippen molar-refractivity contribution >= 4 is 5.91 Å². The van der Waals surface area contributed by atoms with E-state index >= 15 is 0 Å². The summed E-state index contributed by atoms with van der Waals surface area (Å²) in [7, 11) is 0. The van der Waals surface area contributed by atoms with E-state index in [0.29, 0.717) is 25.6 Å². The molecule has 0 radical (unpaired) electrons. The highest BCUT2D eigenvalue weighted by Gasteiger charge is 2.27. The van der Waals surface area contributed by atoms with E-state index in [-0.39, 0.29) is 29.0 Å². The number of hydrogen-bond donors (Lipinski definition) is 0. The normalized spacial score (nSPS) is 19.9. The van der Waals surface area contributed by atoms with Crippen molar-refractivity contribution in [3.05, 3.63) is 69.4 Å². The van der Waals surface area contributed by atoms with E-state index in [9.17, 15) is 14.0 Å². The molecular formula is C24H29FN2O3. The third kappa shape index (κ3) is 4.64. The van der Waals surface area contributed by atoms with Gasteiger partial charge < -0.3 is 14.2 Å². The highest BCUT2D eigenvalue weighted by molar-refractivity contribution is 5.95. The Bertz CT molecular complexity index is 940. The van der Waals surface area contributed by atoms with Crippen molar-refractivity contribution < 1.29 is 13.9 Å². The van der Waals surface area contributed by atoms with Gasteiger partial charge in [0, 0.05) is 25.9 Å². The summed E-state index contributed by atoms with van der Waals surface area (Å²) >= 11 is 0. The number of pyridine rings is 1. The lowest BCUT2D eigenvalue weighted by atomic mass is 9.90. The molecule has 0 spiro atoms. The second-order valence-electron chi connectivity index (χ2n) is 8.53. The second-order valence-corrected chi connectivity index (χ2v) is 8.53. The van der Waals surface area contributed by atoms with Crippen molar-refractivity contribution in [1.82, 2.24) is 9.47 Å². The molecular weight excluding hydrogens is 383 g/mol. The molecule has 2 saturated heterocycles. The minimum Gasteiger partial charge on any atom is -0.376 e. The van der Waals surface area contributed by atoms with E-state index in [1.807, 2.05) is 25.1 Å². The van der Waals surface area contributed by atoms with Gasteiger partial charge >= 0.3 is 0 Å². The van der Waals surface area contributed by atoms with Crippen LogP contribution in [0.2, 0.25) is 0 Å². The summed E-state index contributed by atoms with van der Waals surface area (Å²) in [6, 6.07) is 8.50. The largest absolute Gasteiger partial charge is 0.376 e. The fourth-order valence-corrected chi connectivity index (χ4v) is 4.53. The molecule has 1 aromatic heterocycles. The third-order valence-electron chi connectivity index (χ3n) is 6.35. The van der Waals surface area contributed by atoms with Crippen LogP contribution in [-0.2, 0) is 17.7 Å². The SMILES string of the molecule is Cc1ccn(CC2CCCO2)c(=O)c1C(=O)N1CCC(Cc2ccc(F)cc2)CC1. The summed E-state index contributed by atoms with van der Waals surface area (Å²) < 4.78 is 20.4. The number of halogens is 1. The van der Waals surface area contributed by atoms with E-state index in [0.717, 1.165) is 49.8 Å². The molecule has 4 rings (SSSR count). The topological polar surface area (TPSA) is 51.5 Å². The predicted octanol–water partition coefficient (Wildman–Crippen LogP) is 3.57. The van der Waals surface area contributed by atoms with E-state index in [1.54, 1.807) is 15.7 Å². The Morgan fingerprint density at radius 2 is 1.87 bits per heavy atom. The summed E-state index contributed by atoms with van der Waals surface area (Å²) in [5.74, 6) is 0.0783. The molecule has 3 heterocycles. The number of amides is 1. The quantitative estimate of drug-likeness (QED) is 0.755. The molecule has 160 valence electrons. The predicted molar refractivity (Wildman–Crippen MR) is 113 cm³/mol. The van der Waals surface area contributed by atoms with E-state index in [4.69, 9.17) is 4.74 Å². The van der Waals surface area contributed by atoms with E-state index < -0.39 is 0 Å². The Morgan fingerprint density at radius 3 is 2.53 bits per heavy atom. The number of likely N-dealkylation sites (tertiary alicyclic amines) is 1. The highest BCUT2D eigenvalue weighted by Crippen LogP contribution is 2.23. The van der Waals surface area contributed by atoms with Gasteiger partial charge in [0.1, 0.15) is 11.4 Å². The van der Waals surface area contributed by atoms with Crippen molar-refractivity contribution in [2.24, 2.45) is 5.92 Å². The maximum atomic E-state index is 13.2. The van der Waals surface area contributed by atoms with Crippen LogP contribution in [0.4, 0.5) is 4.39 Å². The van der Waals surface area contributed by atoms with Gasteiger partial charge in [0.2, 0.25) is 0 Å². The second kappa shape index (κ2) is 9.13. The zero-order valence-corrected chi connectivity index (χ0v) is 17.5. The fraction of sp³-hybridized carbons (Fsp3) is 0.500. The molecule has 1 unspecified atom stereocenters. The van der Waals surface area contributed by atoms with Gasteiger partial charge in [-0.25, -0.2) is 4.39 Å². The lowest BCUT2D eigenvalue weighted by molar-refractivity contribution is 0.0684. The van der Waals surface area contributed by atoms with Crippen LogP contribution in [0.3, 0.4) is 0 Å². The van der Waals surface area contributed by atoms with Gasteiger partial charge in [-0.3, -0.25) is 9.59 Å². The Kier molecular flexibility index (Phi) is 6.32. The van der Waals surface area contributed by atoms with Gasteiger partial charge in [0.25, 0.3) is 11.5 Å². The first-order chi connectivity index (χ1) is 14.5. The molecule has 0 N–H and O–H groups in total. The van der Waals surface area contributed by atoms with E-state index in [2.05, 4.69) is 0 Å². The smallest absolute Gasteiger partial charge is 0.263 e. The summed E-state index contributed by atoms with van der Waals surface area (Å²) in [4.78, 5) is 28.0. The molecule has 1 aromatic carbocycles. The lowest BCUT2D eigenvalue weighted by Gasteiger charge is -2.32. The van der Waals surface area contributed by atoms with E-state index in [1.165, 1.54) is 12.1 Å². The van der Waals surface area contributed by atoms with Gasteiger partial charge in [-0.2, -0.15) is 0 Å². The molecule has 2 aromatic rings. The number of ether oxygens (including phenoxy) is 1. The minimum atomic E-state index is -0.220. The number of benzene rings is 1. The average molecular weight is 413 g/mol. The zero-order valence-electron chi connectivity index (χ0n) is 17.5. The zero-order chi connectivity index (χ0) is 21.1. The van der Waals surface area contributed by atoms with Crippen molar-refractivity contribution in [1.29, 1.82) is 0 Å². The van der Waals surface area contributed by atoms with Crippen molar-refractivity contribution in [2.75, 3.05) is 19.7 Å². The first-order valence-electron chi connectivity index (χ1n) is 10.9. The number of nitrogens with zero attached hydrogens (tertiary/aromatic N) is 2.